The highest BCUT2D eigenvalue weighted by Crippen LogP contribution is 2.36. The van der Waals surface area contributed by atoms with Crippen LogP contribution >= 0.6 is 11.6 Å². The summed E-state index contributed by atoms with van der Waals surface area (Å²) < 4.78 is 5.23. The number of aryl methyl sites for hydroxylation is 2. The van der Waals surface area contributed by atoms with Gasteiger partial charge in [-0.3, -0.25) is 9.59 Å². The first-order valence-electron chi connectivity index (χ1n) is 10.3. The monoisotopic (exact) mass is 446 g/mol. The molecule has 0 aliphatic carbocycles. The van der Waals surface area contributed by atoms with Crippen molar-refractivity contribution in [1.29, 1.82) is 0 Å². The molecule has 0 aromatic heterocycles. The Balaban J connectivity index is 1.81. The number of methoxy groups -OCH3 is 1. The van der Waals surface area contributed by atoms with Crippen LogP contribution in [0.5, 0.6) is 5.75 Å². The van der Waals surface area contributed by atoms with E-state index in [0.29, 0.717) is 27.6 Å². The van der Waals surface area contributed by atoms with Gasteiger partial charge in [0.25, 0.3) is 11.8 Å². The van der Waals surface area contributed by atoms with Gasteiger partial charge < -0.3 is 10.1 Å². The van der Waals surface area contributed by atoms with Crippen LogP contribution in [0.3, 0.4) is 0 Å². The third-order valence-corrected chi connectivity index (χ3v) is 5.74. The molecule has 6 heteroatoms. The van der Waals surface area contributed by atoms with Gasteiger partial charge >= 0.3 is 0 Å². The number of amides is 2. The Morgan fingerprint density at radius 3 is 2.25 bits per heavy atom. The van der Waals surface area contributed by atoms with Crippen molar-refractivity contribution in [2.75, 3.05) is 17.3 Å². The molecule has 5 nitrogen and oxygen atoms in total. The minimum atomic E-state index is -0.425. The maximum atomic E-state index is 13.6. The second-order valence-electron chi connectivity index (χ2n) is 7.53. The molecule has 2 amide bonds. The third kappa shape index (κ3) is 3.99. The van der Waals surface area contributed by atoms with Gasteiger partial charge in [-0.25, -0.2) is 4.90 Å². The normalized spacial score (nSPS) is 13.7. The molecule has 0 fully saturated rings. The number of imide groups is 1. The van der Waals surface area contributed by atoms with E-state index in [2.05, 4.69) is 12.2 Å². The summed E-state index contributed by atoms with van der Waals surface area (Å²) in [5.41, 5.74) is 4.31. The SMILES string of the molecule is CCc1ccc(NC2=C(c3ccc(OC)cc3)C(=O)N(c3cc(Cl)ccc3C)C2=O)cc1. The Morgan fingerprint density at radius 2 is 1.62 bits per heavy atom. The Bertz CT molecular complexity index is 1210. The van der Waals surface area contributed by atoms with Crippen molar-refractivity contribution in [3.05, 3.63) is 94.1 Å². The van der Waals surface area contributed by atoms with Crippen molar-refractivity contribution in [3.8, 4) is 5.75 Å². The summed E-state index contributed by atoms with van der Waals surface area (Å²) in [6.07, 6.45) is 0.916. The number of hydrogen-bond acceptors (Lipinski definition) is 4. The molecule has 0 bridgehead atoms. The molecule has 4 rings (SSSR count). The van der Waals surface area contributed by atoms with E-state index in [1.807, 2.05) is 31.2 Å². The van der Waals surface area contributed by atoms with Crippen LogP contribution in [-0.4, -0.2) is 18.9 Å². The van der Waals surface area contributed by atoms with Gasteiger partial charge in [-0.1, -0.05) is 48.9 Å². The van der Waals surface area contributed by atoms with Crippen molar-refractivity contribution in [2.24, 2.45) is 0 Å². The highest BCUT2D eigenvalue weighted by atomic mass is 35.5. The quantitative estimate of drug-likeness (QED) is 0.499. The van der Waals surface area contributed by atoms with E-state index < -0.39 is 11.8 Å². The topological polar surface area (TPSA) is 58.6 Å². The second-order valence-corrected chi connectivity index (χ2v) is 7.97. The fourth-order valence-corrected chi connectivity index (χ4v) is 3.85. The average Bonchev–Trinajstić information content (AvgIpc) is 3.05. The van der Waals surface area contributed by atoms with Crippen molar-refractivity contribution in [2.45, 2.75) is 20.3 Å². The van der Waals surface area contributed by atoms with Crippen LogP contribution in [0.1, 0.15) is 23.6 Å². The predicted molar refractivity (Wildman–Crippen MR) is 128 cm³/mol. The van der Waals surface area contributed by atoms with Crippen LogP contribution < -0.4 is 15.0 Å². The molecule has 1 aliphatic rings. The molecule has 3 aromatic carbocycles. The minimum Gasteiger partial charge on any atom is -0.497 e. The van der Waals surface area contributed by atoms with Crippen LogP contribution in [0.25, 0.3) is 5.57 Å². The molecule has 1 N–H and O–H groups in total. The molecule has 162 valence electrons. The first-order chi connectivity index (χ1) is 15.4. The van der Waals surface area contributed by atoms with E-state index >= 15 is 0 Å². The lowest BCUT2D eigenvalue weighted by Gasteiger charge is -2.18. The fraction of sp³-hybridized carbons (Fsp3) is 0.154. The first kappa shape index (κ1) is 21.7. The van der Waals surface area contributed by atoms with Crippen molar-refractivity contribution in [1.82, 2.24) is 0 Å². The van der Waals surface area contributed by atoms with Crippen molar-refractivity contribution < 1.29 is 14.3 Å². The molecule has 0 radical (unpaired) electrons. The maximum Gasteiger partial charge on any atom is 0.282 e. The standard InChI is InChI=1S/C26H23ClN2O3/c1-4-17-6-11-20(12-7-17)28-24-23(18-8-13-21(32-3)14-9-18)25(30)29(26(24)31)22-15-19(27)10-5-16(22)2/h5-15,28H,4H2,1-3H3. The zero-order valence-electron chi connectivity index (χ0n) is 18.1. The average molecular weight is 447 g/mol. The van der Waals surface area contributed by atoms with E-state index in [0.717, 1.165) is 17.7 Å². The van der Waals surface area contributed by atoms with Crippen LogP contribution in [0, 0.1) is 6.92 Å². The number of nitrogens with one attached hydrogen (secondary N) is 1. The van der Waals surface area contributed by atoms with E-state index in [-0.39, 0.29) is 5.70 Å². The lowest BCUT2D eigenvalue weighted by molar-refractivity contribution is -0.120. The number of anilines is 2. The summed E-state index contributed by atoms with van der Waals surface area (Å²) in [6, 6.07) is 20.0. The van der Waals surface area contributed by atoms with Crippen LogP contribution in [0.15, 0.2) is 72.4 Å². The van der Waals surface area contributed by atoms with E-state index in [1.165, 1.54) is 10.5 Å². The highest BCUT2D eigenvalue weighted by Gasteiger charge is 2.41. The lowest BCUT2D eigenvalue weighted by atomic mass is 10.0. The smallest absolute Gasteiger partial charge is 0.282 e. The molecule has 32 heavy (non-hydrogen) atoms. The van der Waals surface area contributed by atoms with Crippen molar-refractivity contribution in [3.63, 3.8) is 0 Å². The maximum absolute atomic E-state index is 13.6. The summed E-state index contributed by atoms with van der Waals surface area (Å²) in [5.74, 6) is -0.165. The molecule has 1 aliphatic heterocycles. The van der Waals surface area contributed by atoms with E-state index in [4.69, 9.17) is 16.3 Å². The molecule has 0 unspecified atom stereocenters. The minimum absolute atomic E-state index is 0.226. The van der Waals surface area contributed by atoms with Gasteiger partial charge in [0.1, 0.15) is 11.4 Å². The molecule has 1 heterocycles. The lowest BCUT2D eigenvalue weighted by Crippen LogP contribution is -2.33. The molecule has 0 saturated heterocycles. The predicted octanol–water partition coefficient (Wildman–Crippen LogP) is 5.62. The van der Waals surface area contributed by atoms with E-state index in [1.54, 1.807) is 49.6 Å². The number of nitrogens with zero attached hydrogens (tertiary/aromatic N) is 1. The summed E-state index contributed by atoms with van der Waals surface area (Å²) in [7, 11) is 1.58. The largest absolute Gasteiger partial charge is 0.497 e. The van der Waals surface area contributed by atoms with Crippen LogP contribution in [0.2, 0.25) is 5.02 Å². The van der Waals surface area contributed by atoms with Gasteiger partial charge in [0.2, 0.25) is 0 Å². The molecular weight excluding hydrogens is 424 g/mol. The molecule has 3 aromatic rings. The molecular formula is C26H23ClN2O3. The first-order valence-corrected chi connectivity index (χ1v) is 10.7. The van der Waals surface area contributed by atoms with Crippen LogP contribution in [-0.2, 0) is 16.0 Å². The van der Waals surface area contributed by atoms with Crippen LogP contribution in [0.4, 0.5) is 11.4 Å². The van der Waals surface area contributed by atoms with Gasteiger partial charge in [0.05, 0.1) is 18.4 Å². The number of ether oxygens (including phenoxy) is 1. The Kier molecular flexibility index (Phi) is 6.01. The summed E-state index contributed by atoms with van der Waals surface area (Å²) >= 11 is 6.18. The summed E-state index contributed by atoms with van der Waals surface area (Å²) in [6.45, 7) is 3.92. The molecule has 0 spiro atoms. The van der Waals surface area contributed by atoms with Gasteiger partial charge in [0, 0.05) is 10.7 Å². The summed E-state index contributed by atoms with van der Waals surface area (Å²) in [4.78, 5) is 28.3. The van der Waals surface area contributed by atoms with E-state index in [9.17, 15) is 9.59 Å². The number of carbonyl (C=O) groups is 2. The molecule has 0 atom stereocenters. The highest BCUT2D eigenvalue weighted by molar-refractivity contribution is 6.46. The van der Waals surface area contributed by atoms with Crippen molar-refractivity contribution >= 4 is 40.4 Å². The number of halogens is 1. The Labute approximate surface area is 192 Å². The second kappa shape index (κ2) is 8.89. The summed E-state index contributed by atoms with van der Waals surface area (Å²) in [5, 5.41) is 3.64. The number of carbonyl (C=O) groups excluding carboxylic acids is 2. The Morgan fingerprint density at radius 1 is 0.938 bits per heavy atom. The van der Waals surface area contributed by atoms with Gasteiger partial charge in [-0.2, -0.15) is 0 Å². The Hall–Kier alpha value is -3.57. The zero-order chi connectivity index (χ0) is 22.8. The van der Waals surface area contributed by atoms with Gasteiger partial charge in [-0.15, -0.1) is 0 Å². The number of benzene rings is 3. The fourth-order valence-electron chi connectivity index (χ4n) is 3.68. The van der Waals surface area contributed by atoms with Gasteiger partial charge in [-0.05, 0) is 66.4 Å². The zero-order valence-corrected chi connectivity index (χ0v) is 18.9. The number of rotatable bonds is 6. The molecule has 0 saturated carbocycles. The van der Waals surface area contributed by atoms with Gasteiger partial charge in [0.15, 0.2) is 0 Å². The third-order valence-electron chi connectivity index (χ3n) is 5.51. The number of hydrogen-bond donors (Lipinski definition) is 1.